The highest BCUT2D eigenvalue weighted by Crippen LogP contribution is 2.35. The number of benzene rings is 1. The SMILES string of the molecule is CC[C@@H]1CC[C@H](c2nc3c4cccc(OC)c4nc(N)n3n2)CN1c1cnn(CC(C)(C)O)c1. The summed E-state index contributed by atoms with van der Waals surface area (Å²) < 4.78 is 8.91. The second kappa shape index (κ2) is 8.43. The van der Waals surface area contributed by atoms with Crippen molar-refractivity contribution in [2.75, 3.05) is 24.3 Å². The number of hydrogen-bond donors (Lipinski definition) is 2. The lowest BCUT2D eigenvalue weighted by atomic mass is 9.90. The third-order valence-corrected chi connectivity index (χ3v) is 6.57. The van der Waals surface area contributed by atoms with Gasteiger partial charge in [0, 0.05) is 30.1 Å². The minimum absolute atomic E-state index is 0.153. The van der Waals surface area contributed by atoms with E-state index in [1.165, 1.54) is 0 Å². The van der Waals surface area contributed by atoms with E-state index in [0.717, 1.165) is 42.7 Å². The molecule has 34 heavy (non-hydrogen) atoms. The average molecular weight is 465 g/mol. The van der Waals surface area contributed by atoms with E-state index in [2.05, 4.69) is 21.9 Å². The van der Waals surface area contributed by atoms with Crippen molar-refractivity contribution in [3.05, 3.63) is 36.4 Å². The lowest BCUT2D eigenvalue weighted by Gasteiger charge is -2.39. The van der Waals surface area contributed by atoms with Crippen LogP contribution in [0.15, 0.2) is 30.6 Å². The number of fused-ring (bicyclic) bond motifs is 3. The molecule has 1 fully saturated rings. The van der Waals surface area contributed by atoms with Crippen molar-refractivity contribution in [3.63, 3.8) is 0 Å². The van der Waals surface area contributed by atoms with Crippen molar-refractivity contribution in [1.29, 1.82) is 0 Å². The molecule has 1 aliphatic heterocycles. The fourth-order valence-electron chi connectivity index (χ4n) is 4.94. The molecule has 0 spiro atoms. The maximum Gasteiger partial charge on any atom is 0.223 e. The zero-order valence-corrected chi connectivity index (χ0v) is 20.1. The van der Waals surface area contributed by atoms with E-state index in [9.17, 15) is 5.11 Å². The van der Waals surface area contributed by atoms with E-state index >= 15 is 0 Å². The Hall–Kier alpha value is -3.40. The van der Waals surface area contributed by atoms with Gasteiger partial charge in [0.2, 0.25) is 5.95 Å². The first kappa shape index (κ1) is 22.4. The van der Waals surface area contributed by atoms with E-state index in [0.29, 0.717) is 29.5 Å². The molecular formula is C24H32N8O2. The first-order valence-electron chi connectivity index (χ1n) is 11.8. The number of nitrogen functional groups attached to an aromatic ring is 1. The zero-order chi connectivity index (χ0) is 24.0. The van der Waals surface area contributed by atoms with Crippen molar-refractivity contribution >= 4 is 28.2 Å². The first-order chi connectivity index (χ1) is 16.3. The zero-order valence-electron chi connectivity index (χ0n) is 20.1. The molecule has 10 nitrogen and oxygen atoms in total. The number of ether oxygens (including phenoxy) is 1. The van der Waals surface area contributed by atoms with Gasteiger partial charge in [-0.25, -0.2) is 9.97 Å². The number of piperidine rings is 1. The van der Waals surface area contributed by atoms with Crippen molar-refractivity contribution in [1.82, 2.24) is 29.4 Å². The largest absolute Gasteiger partial charge is 0.494 e. The van der Waals surface area contributed by atoms with Gasteiger partial charge in [-0.05, 0) is 45.2 Å². The lowest BCUT2D eigenvalue weighted by Crippen LogP contribution is -2.42. The Morgan fingerprint density at radius 3 is 2.79 bits per heavy atom. The van der Waals surface area contributed by atoms with Crippen LogP contribution in [0.3, 0.4) is 0 Å². The molecule has 0 unspecified atom stereocenters. The number of anilines is 2. The topological polar surface area (TPSA) is 120 Å². The van der Waals surface area contributed by atoms with Crippen molar-refractivity contribution < 1.29 is 9.84 Å². The van der Waals surface area contributed by atoms with Crippen LogP contribution >= 0.6 is 0 Å². The molecule has 0 radical (unpaired) electrons. The fraction of sp³-hybridized carbons (Fsp3) is 0.500. The molecule has 4 heterocycles. The maximum atomic E-state index is 10.2. The minimum Gasteiger partial charge on any atom is -0.494 e. The Kier molecular flexibility index (Phi) is 5.55. The molecule has 0 bridgehead atoms. The molecule has 5 rings (SSSR count). The number of methoxy groups -OCH3 is 1. The summed E-state index contributed by atoms with van der Waals surface area (Å²) in [7, 11) is 1.62. The van der Waals surface area contributed by atoms with Gasteiger partial charge in [-0.2, -0.15) is 9.61 Å². The van der Waals surface area contributed by atoms with Gasteiger partial charge in [-0.15, -0.1) is 5.10 Å². The molecule has 10 heteroatoms. The van der Waals surface area contributed by atoms with E-state index in [1.54, 1.807) is 30.2 Å². The number of hydrogen-bond acceptors (Lipinski definition) is 8. The monoisotopic (exact) mass is 464 g/mol. The van der Waals surface area contributed by atoms with Gasteiger partial charge in [0.1, 0.15) is 11.3 Å². The quantitative estimate of drug-likeness (QED) is 0.447. The summed E-state index contributed by atoms with van der Waals surface area (Å²) >= 11 is 0. The molecule has 2 atom stereocenters. The molecule has 1 aliphatic rings. The van der Waals surface area contributed by atoms with Crippen molar-refractivity contribution in [2.24, 2.45) is 0 Å². The Balaban J connectivity index is 1.49. The average Bonchev–Trinajstić information content (AvgIpc) is 3.45. The van der Waals surface area contributed by atoms with Crippen LogP contribution in [-0.4, -0.2) is 59.8 Å². The molecule has 180 valence electrons. The molecule has 0 aliphatic carbocycles. The van der Waals surface area contributed by atoms with Gasteiger partial charge in [-0.3, -0.25) is 4.68 Å². The normalized spacial score (nSPS) is 19.3. The molecule has 3 N–H and O–H groups in total. The van der Waals surface area contributed by atoms with Gasteiger partial charge in [0.25, 0.3) is 0 Å². The standard InChI is InChI=1S/C24H32N8O2/c1-5-16-10-9-15(12-31(16)17-11-26-30(13-17)14-24(2,3)33)21-28-22-18-7-6-8-19(34-4)20(18)27-23(25)32(22)29-21/h6-8,11,13,15-16,33H,5,9-10,12,14H2,1-4H3,(H2,25,27)/t15-,16+/m0/s1. The van der Waals surface area contributed by atoms with Gasteiger partial charge >= 0.3 is 0 Å². The van der Waals surface area contributed by atoms with Crippen molar-refractivity contribution in [3.8, 4) is 5.75 Å². The third-order valence-electron chi connectivity index (χ3n) is 6.57. The smallest absolute Gasteiger partial charge is 0.223 e. The Labute approximate surface area is 198 Å². The molecule has 0 saturated carbocycles. The summed E-state index contributed by atoms with van der Waals surface area (Å²) in [6, 6.07) is 6.18. The van der Waals surface area contributed by atoms with Crippen LogP contribution in [0.2, 0.25) is 0 Å². The number of para-hydroxylation sites is 1. The summed E-state index contributed by atoms with van der Waals surface area (Å²) in [4.78, 5) is 11.9. The van der Waals surface area contributed by atoms with Crippen LogP contribution in [-0.2, 0) is 6.54 Å². The van der Waals surface area contributed by atoms with E-state index < -0.39 is 5.60 Å². The van der Waals surface area contributed by atoms with Crippen LogP contribution in [0.1, 0.15) is 51.8 Å². The summed E-state index contributed by atoms with van der Waals surface area (Å²) in [6.45, 7) is 7.02. The molecular weight excluding hydrogens is 432 g/mol. The maximum absolute atomic E-state index is 10.2. The second-order valence-corrected chi connectivity index (χ2v) is 9.73. The van der Waals surface area contributed by atoms with Gasteiger partial charge in [0.05, 0.1) is 31.1 Å². The van der Waals surface area contributed by atoms with Gasteiger partial charge in [0.15, 0.2) is 11.5 Å². The van der Waals surface area contributed by atoms with Crippen molar-refractivity contribution in [2.45, 2.75) is 64.1 Å². The van der Waals surface area contributed by atoms with Crippen LogP contribution in [0.4, 0.5) is 11.6 Å². The van der Waals surface area contributed by atoms with Gasteiger partial charge in [-0.1, -0.05) is 13.0 Å². The summed E-state index contributed by atoms with van der Waals surface area (Å²) in [5.74, 6) is 1.87. The van der Waals surface area contributed by atoms with E-state index in [-0.39, 0.29) is 11.9 Å². The van der Waals surface area contributed by atoms with Crippen LogP contribution < -0.4 is 15.4 Å². The van der Waals surface area contributed by atoms with Crippen LogP contribution in [0.25, 0.3) is 16.6 Å². The number of nitrogens with zero attached hydrogens (tertiary/aromatic N) is 7. The van der Waals surface area contributed by atoms with Crippen LogP contribution in [0, 0.1) is 0 Å². The highest BCUT2D eigenvalue weighted by atomic mass is 16.5. The van der Waals surface area contributed by atoms with E-state index in [4.69, 9.17) is 20.6 Å². The third kappa shape index (κ3) is 4.02. The summed E-state index contributed by atoms with van der Waals surface area (Å²) in [5.41, 5.74) is 7.87. The molecule has 3 aromatic heterocycles. The minimum atomic E-state index is -0.822. The number of rotatable bonds is 6. The fourth-order valence-corrected chi connectivity index (χ4v) is 4.94. The molecule has 1 saturated heterocycles. The highest BCUT2D eigenvalue weighted by Gasteiger charge is 2.32. The number of aromatic nitrogens is 6. The first-order valence-corrected chi connectivity index (χ1v) is 11.8. The lowest BCUT2D eigenvalue weighted by molar-refractivity contribution is 0.0577. The van der Waals surface area contributed by atoms with Gasteiger partial charge < -0.3 is 20.5 Å². The summed E-state index contributed by atoms with van der Waals surface area (Å²) in [5, 5.41) is 20.3. The van der Waals surface area contributed by atoms with Crippen LogP contribution in [0.5, 0.6) is 5.75 Å². The predicted octanol–water partition coefficient (Wildman–Crippen LogP) is 3.00. The Morgan fingerprint density at radius 2 is 2.06 bits per heavy atom. The number of nitrogens with two attached hydrogens (primary N) is 1. The molecule has 1 aromatic carbocycles. The highest BCUT2D eigenvalue weighted by molar-refractivity contribution is 5.95. The molecule has 4 aromatic rings. The Morgan fingerprint density at radius 1 is 1.24 bits per heavy atom. The second-order valence-electron chi connectivity index (χ2n) is 9.73. The van der Waals surface area contributed by atoms with E-state index in [1.807, 2.05) is 30.6 Å². The summed E-state index contributed by atoms with van der Waals surface area (Å²) in [6.07, 6.45) is 6.98. The number of aliphatic hydroxyl groups is 1. The Bertz CT molecular complexity index is 1320. The molecule has 0 amide bonds. The predicted molar refractivity (Wildman–Crippen MR) is 131 cm³/mol.